The molecule has 112 valence electrons. The predicted molar refractivity (Wildman–Crippen MR) is 79.9 cm³/mol. The summed E-state index contributed by atoms with van der Waals surface area (Å²) in [6.45, 7) is 3.34. The van der Waals surface area contributed by atoms with Crippen LogP contribution in [0.2, 0.25) is 0 Å². The third kappa shape index (κ3) is 3.77. The summed E-state index contributed by atoms with van der Waals surface area (Å²) in [7, 11) is -1.22. The third-order valence-electron chi connectivity index (χ3n) is 4.03. The maximum atomic E-state index is 12.4. The highest BCUT2D eigenvalue weighted by molar-refractivity contribution is 7.89. The van der Waals surface area contributed by atoms with E-state index >= 15 is 0 Å². The Balaban J connectivity index is 1.94. The van der Waals surface area contributed by atoms with Gasteiger partial charge in [-0.25, -0.2) is 12.7 Å². The zero-order valence-electron chi connectivity index (χ0n) is 12.1. The summed E-state index contributed by atoms with van der Waals surface area (Å²) in [5, 5.41) is 3.26. The zero-order chi connectivity index (χ0) is 14.6. The maximum Gasteiger partial charge on any atom is 0.214 e. The molecular weight excluding hydrogens is 274 g/mol. The quantitative estimate of drug-likeness (QED) is 0.876. The van der Waals surface area contributed by atoms with Crippen LogP contribution in [0.25, 0.3) is 0 Å². The van der Waals surface area contributed by atoms with Gasteiger partial charge in [-0.3, -0.25) is 4.98 Å². The van der Waals surface area contributed by atoms with Crippen molar-refractivity contribution >= 4 is 10.0 Å². The summed E-state index contributed by atoms with van der Waals surface area (Å²) in [5.41, 5.74) is 1.02. The molecule has 2 rings (SSSR count). The van der Waals surface area contributed by atoms with E-state index in [1.165, 1.54) is 0 Å². The van der Waals surface area contributed by atoms with Crippen LogP contribution in [-0.2, 0) is 16.4 Å². The molecule has 1 N–H and O–H groups in total. The van der Waals surface area contributed by atoms with Gasteiger partial charge < -0.3 is 5.32 Å². The highest BCUT2D eigenvalue weighted by Crippen LogP contribution is 2.20. The van der Waals surface area contributed by atoms with E-state index < -0.39 is 10.0 Å². The normalized spacial score (nSPS) is 24.7. The molecule has 6 heteroatoms. The van der Waals surface area contributed by atoms with Crippen molar-refractivity contribution < 1.29 is 8.42 Å². The average Bonchev–Trinajstić information content (AvgIpc) is 2.46. The highest BCUT2D eigenvalue weighted by atomic mass is 32.2. The highest BCUT2D eigenvalue weighted by Gasteiger charge is 2.31. The molecule has 1 aromatic heterocycles. The predicted octanol–water partition coefficient (Wildman–Crippen LogP) is 0.884. The lowest BCUT2D eigenvalue weighted by atomic mass is 9.96. The number of piperidine rings is 1. The van der Waals surface area contributed by atoms with Crippen molar-refractivity contribution in [1.29, 1.82) is 0 Å². The molecule has 0 aliphatic carbocycles. The van der Waals surface area contributed by atoms with Gasteiger partial charge in [0.2, 0.25) is 10.0 Å². The second-order valence-electron chi connectivity index (χ2n) is 5.44. The number of rotatable bonds is 5. The Bertz CT molecular complexity index is 518. The lowest BCUT2D eigenvalue weighted by Crippen LogP contribution is -2.49. The van der Waals surface area contributed by atoms with Crippen molar-refractivity contribution in [3.05, 3.63) is 30.1 Å². The molecular formula is C14H23N3O2S. The number of pyridine rings is 1. The van der Waals surface area contributed by atoms with Crippen LogP contribution in [0, 0.1) is 5.92 Å². The Morgan fingerprint density at radius 1 is 1.40 bits per heavy atom. The van der Waals surface area contributed by atoms with Crippen LogP contribution in [0.15, 0.2) is 24.5 Å². The Labute approximate surface area is 121 Å². The van der Waals surface area contributed by atoms with Crippen LogP contribution in [0.5, 0.6) is 0 Å². The summed E-state index contributed by atoms with van der Waals surface area (Å²) in [6, 6.07) is 4.15. The largest absolute Gasteiger partial charge is 0.317 e. The number of nitrogens with one attached hydrogen (secondary N) is 1. The first-order chi connectivity index (χ1) is 9.53. The van der Waals surface area contributed by atoms with Gasteiger partial charge in [-0.15, -0.1) is 0 Å². The van der Waals surface area contributed by atoms with Crippen LogP contribution in [0.3, 0.4) is 0 Å². The van der Waals surface area contributed by atoms with Gasteiger partial charge in [0.25, 0.3) is 0 Å². The van der Waals surface area contributed by atoms with Gasteiger partial charge in [0.05, 0.1) is 5.75 Å². The molecule has 0 bridgehead atoms. The number of hydrogen-bond donors (Lipinski definition) is 1. The summed E-state index contributed by atoms with van der Waals surface area (Å²) in [4.78, 5) is 3.94. The van der Waals surface area contributed by atoms with Crippen LogP contribution in [-0.4, -0.2) is 49.6 Å². The van der Waals surface area contributed by atoms with Crippen molar-refractivity contribution in [1.82, 2.24) is 14.6 Å². The first kappa shape index (κ1) is 15.4. The molecule has 0 amide bonds. The minimum atomic E-state index is -3.16. The van der Waals surface area contributed by atoms with E-state index in [9.17, 15) is 8.42 Å². The first-order valence-corrected chi connectivity index (χ1v) is 8.68. The lowest BCUT2D eigenvalue weighted by molar-refractivity contribution is 0.228. The maximum absolute atomic E-state index is 12.4. The molecule has 0 radical (unpaired) electrons. The molecule has 1 saturated heterocycles. The fourth-order valence-electron chi connectivity index (χ4n) is 2.71. The van der Waals surface area contributed by atoms with Crippen molar-refractivity contribution in [3.8, 4) is 0 Å². The van der Waals surface area contributed by atoms with E-state index in [0.29, 0.717) is 31.5 Å². The van der Waals surface area contributed by atoms with Crippen LogP contribution in [0.4, 0.5) is 0 Å². The molecule has 1 aliphatic rings. The van der Waals surface area contributed by atoms with Crippen molar-refractivity contribution in [2.75, 3.05) is 25.9 Å². The Hall–Kier alpha value is -0.980. The molecule has 0 aromatic carbocycles. The summed E-state index contributed by atoms with van der Waals surface area (Å²) in [5.74, 6) is 0.526. The van der Waals surface area contributed by atoms with Gasteiger partial charge in [-0.05, 0) is 43.5 Å². The van der Waals surface area contributed by atoms with Gasteiger partial charge in [0.15, 0.2) is 0 Å². The molecule has 1 aromatic rings. The molecule has 0 saturated carbocycles. The van der Waals surface area contributed by atoms with Crippen molar-refractivity contribution in [2.24, 2.45) is 5.92 Å². The monoisotopic (exact) mass is 297 g/mol. The Morgan fingerprint density at radius 3 is 2.70 bits per heavy atom. The van der Waals surface area contributed by atoms with Crippen molar-refractivity contribution in [3.63, 3.8) is 0 Å². The Morgan fingerprint density at radius 2 is 2.10 bits per heavy atom. The van der Waals surface area contributed by atoms with Gasteiger partial charge in [0, 0.05) is 31.5 Å². The second-order valence-corrected chi connectivity index (χ2v) is 7.53. The fourth-order valence-corrected chi connectivity index (χ4v) is 4.31. The summed E-state index contributed by atoms with van der Waals surface area (Å²) >= 11 is 0. The second kappa shape index (κ2) is 6.65. The van der Waals surface area contributed by atoms with E-state index in [-0.39, 0.29) is 5.75 Å². The van der Waals surface area contributed by atoms with Gasteiger partial charge in [-0.2, -0.15) is 0 Å². The molecule has 0 spiro atoms. The van der Waals surface area contributed by atoms with Crippen LogP contribution >= 0.6 is 0 Å². The van der Waals surface area contributed by atoms with Gasteiger partial charge >= 0.3 is 0 Å². The number of aromatic nitrogens is 1. The van der Waals surface area contributed by atoms with E-state index in [1.54, 1.807) is 16.7 Å². The number of sulfonamides is 1. The molecule has 2 heterocycles. The molecule has 2 atom stereocenters. The van der Waals surface area contributed by atoms with E-state index in [4.69, 9.17) is 0 Å². The first-order valence-electron chi connectivity index (χ1n) is 7.07. The fraction of sp³-hybridized carbons (Fsp3) is 0.643. The van der Waals surface area contributed by atoms with Crippen molar-refractivity contribution in [2.45, 2.75) is 25.8 Å². The number of hydrogen-bond acceptors (Lipinski definition) is 4. The topological polar surface area (TPSA) is 62.3 Å². The van der Waals surface area contributed by atoms with Gasteiger partial charge in [0.1, 0.15) is 0 Å². The molecule has 1 fully saturated rings. The summed E-state index contributed by atoms with van der Waals surface area (Å²) < 4.78 is 26.4. The van der Waals surface area contributed by atoms with E-state index in [1.807, 2.05) is 19.2 Å². The smallest absolute Gasteiger partial charge is 0.214 e. The lowest BCUT2D eigenvalue weighted by Gasteiger charge is -2.36. The molecule has 5 nitrogen and oxygen atoms in total. The minimum Gasteiger partial charge on any atom is -0.317 e. The number of nitrogens with zero attached hydrogens (tertiary/aromatic N) is 2. The van der Waals surface area contributed by atoms with Gasteiger partial charge in [-0.1, -0.05) is 6.92 Å². The third-order valence-corrected chi connectivity index (χ3v) is 5.87. The number of aryl methyl sites for hydroxylation is 1. The molecule has 20 heavy (non-hydrogen) atoms. The average molecular weight is 297 g/mol. The van der Waals surface area contributed by atoms with Crippen LogP contribution in [0.1, 0.15) is 18.9 Å². The minimum absolute atomic E-state index is 0.175. The Kier molecular flexibility index (Phi) is 5.12. The summed E-state index contributed by atoms with van der Waals surface area (Å²) in [6.07, 6.45) is 4.82. The zero-order valence-corrected chi connectivity index (χ0v) is 12.9. The van der Waals surface area contributed by atoms with Crippen LogP contribution < -0.4 is 5.32 Å². The molecule has 2 unspecified atom stereocenters. The van der Waals surface area contributed by atoms with E-state index in [0.717, 1.165) is 12.0 Å². The standard InChI is InChI=1S/C14H23N3O2S/c1-12-11-17(9-5-14(12)15-2)20(18,19)10-6-13-3-7-16-8-4-13/h3-4,7-8,12,14-15H,5-6,9-11H2,1-2H3. The van der Waals surface area contributed by atoms with E-state index in [2.05, 4.69) is 17.2 Å². The molecule has 1 aliphatic heterocycles. The SMILES string of the molecule is CNC1CCN(S(=O)(=O)CCc2ccncc2)CC1C.